The highest BCUT2D eigenvalue weighted by molar-refractivity contribution is 7.02. The van der Waals surface area contributed by atoms with Gasteiger partial charge in [-0.15, -0.1) is 0 Å². The standard InChI is InChI=1S/C38H60N6O11Si2/c39-33-27(17-43(37(51)41-33)35-31(49)29(47)25(19-45)53-35)56(21-9-1-2-10-21,22-11-3-4-12-22)55-57(23-13-5-6-14-23,24-15-7-8-16-24)28-18-44(38(52)42-34(28)40)36-32(50)30(48)26(20-46)54-36/h17-18,21-26,29-32,35-36,45-50H,1-16,19-20H2,(H2,39,41,51)(H2,40,42,52)/t25-,26-,29-,30-,31-,32-,35?,36?/m1/s1. The summed E-state index contributed by atoms with van der Waals surface area (Å²) < 4.78 is 22.9. The van der Waals surface area contributed by atoms with Crippen LogP contribution in [-0.4, -0.2) is 116 Å². The van der Waals surface area contributed by atoms with E-state index in [2.05, 4.69) is 9.97 Å². The van der Waals surface area contributed by atoms with Crippen molar-refractivity contribution in [3.8, 4) is 0 Å². The monoisotopic (exact) mass is 832 g/mol. The van der Waals surface area contributed by atoms with Gasteiger partial charge < -0.3 is 55.7 Å². The van der Waals surface area contributed by atoms with E-state index in [0.29, 0.717) is 10.4 Å². The van der Waals surface area contributed by atoms with Crippen LogP contribution in [-0.2, 0) is 13.6 Å². The lowest BCUT2D eigenvalue weighted by molar-refractivity contribution is -0.0548. The quantitative estimate of drug-likeness (QED) is 0.131. The molecule has 4 aliphatic carbocycles. The van der Waals surface area contributed by atoms with Crippen molar-refractivity contribution in [2.45, 2.75) is 174 Å². The molecule has 2 unspecified atom stereocenters. The summed E-state index contributed by atoms with van der Waals surface area (Å²) in [5.41, 5.74) is 12.8. The molecule has 6 fully saturated rings. The number of rotatable bonds is 12. The average molecular weight is 833 g/mol. The Labute approximate surface area is 333 Å². The van der Waals surface area contributed by atoms with Gasteiger partial charge in [0.05, 0.1) is 13.2 Å². The zero-order valence-electron chi connectivity index (χ0n) is 32.5. The molecular weight excluding hydrogens is 773 g/mol. The molecule has 8 rings (SSSR count). The van der Waals surface area contributed by atoms with Crippen molar-refractivity contribution in [1.82, 2.24) is 19.1 Å². The molecule has 0 radical (unpaired) electrons. The fourth-order valence-electron chi connectivity index (χ4n) is 11.8. The van der Waals surface area contributed by atoms with E-state index in [1.54, 1.807) is 12.4 Å². The lowest BCUT2D eigenvalue weighted by atomic mass is 10.1. The van der Waals surface area contributed by atoms with Gasteiger partial charge in [0.25, 0.3) is 0 Å². The number of hydrogen-bond donors (Lipinski definition) is 8. The van der Waals surface area contributed by atoms with Crippen molar-refractivity contribution in [2.24, 2.45) is 0 Å². The molecule has 2 aliphatic heterocycles. The maximum atomic E-state index is 13.8. The first-order valence-corrected chi connectivity index (χ1v) is 25.3. The van der Waals surface area contributed by atoms with Crippen LogP contribution in [0.25, 0.3) is 0 Å². The predicted octanol–water partition coefficient (Wildman–Crippen LogP) is -0.0140. The third kappa shape index (κ3) is 6.87. The molecule has 0 spiro atoms. The van der Waals surface area contributed by atoms with Crippen LogP contribution in [0.2, 0.25) is 22.2 Å². The summed E-state index contributed by atoms with van der Waals surface area (Å²) in [6.07, 6.45) is 7.77. The molecule has 19 heteroatoms. The minimum absolute atomic E-state index is 0.0804. The highest BCUT2D eigenvalue weighted by atomic mass is 28.4. The van der Waals surface area contributed by atoms with Crippen molar-refractivity contribution >= 4 is 38.6 Å². The van der Waals surface area contributed by atoms with Gasteiger partial charge in [-0.25, -0.2) is 9.59 Å². The van der Waals surface area contributed by atoms with E-state index in [4.69, 9.17) is 25.1 Å². The summed E-state index contributed by atoms with van der Waals surface area (Å²) in [6.45, 7) is -1.11. The van der Waals surface area contributed by atoms with E-state index >= 15 is 0 Å². The van der Waals surface area contributed by atoms with Gasteiger partial charge >= 0.3 is 11.4 Å². The molecule has 17 nitrogen and oxygen atoms in total. The van der Waals surface area contributed by atoms with E-state index in [0.717, 1.165) is 103 Å². The maximum absolute atomic E-state index is 13.8. The van der Waals surface area contributed by atoms with Crippen molar-refractivity contribution in [2.75, 3.05) is 24.7 Å². The third-order valence-corrected chi connectivity index (χ3v) is 26.9. The number of hydrogen-bond acceptors (Lipinski definition) is 15. The molecule has 0 aromatic carbocycles. The summed E-state index contributed by atoms with van der Waals surface area (Å²) in [5, 5.41) is 65.0. The van der Waals surface area contributed by atoms with Crippen LogP contribution in [0.1, 0.15) is 115 Å². The lowest BCUT2D eigenvalue weighted by Crippen LogP contribution is -2.71. The number of aromatic nitrogens is 4. The number of aliphatic hydroxyl groups excluding tert-OH is 6. The van der Waals surface area contributed by atoms with E-state index in [-0.39, 0.29) is 33.8 Å². The summed E-state index contributed by atoms with van der Waals surface area (Å²) >= 11 is 0. The second kappa shape index (κ2) is 16.5. The van der Waals surface area contributed by atoms with Crippen molar-refractivity contribution in [3.63, 3.8) is 0 Å². The minimum atomic E-state index is -3.46. The normalized spacial score (nSPS) is 32.4. The minimum Gasteiger partial charge on any atom is -0.447 e. The number of anilines is 2. The summed E-state index contributed by atoms with van der Waals surface area (Å²) in [5.74, 6) is 0.161. The van der Waals surface area contributed by atoms with Crippen molar-refractivity contribution in [1.29, 1.82) is 0 Å². The SMILES string of the molecule is Nc1nc(=O)n(C2O[C@H](CO)[C@@H](O)[C@H]2O)cc1[Si](O[Si](c1cn(C2O[C@H](CO)[C@@H](O)[C@H]2O)c(=O)nc1N)(C1CCCC1)C1CCCC1)(C1CCCC1)C1CCCC1. The van der Waals surface area contributed by atoms with Crippen LogP contribution in [0, 0.1) is 0 Å². The molecule has 0 amide bonds. The summed E-state index contributed by atoms with van der Waals surface area (Å²) in [7, 11) is -6.92. The average Bonchev–Trinajstić information content (AvgIpc) is 4.05. The molecular formula is C38H60N6O11Si2. The number of ether oxygens (including phenoxy) is 2. The van der Waals surface area contributed by atoms with Crippen LogP contribution in [0.5, 0.6) is 0 Å². The van der Waals surface area contributed by atoms with Gasteiger partial charge in [0.2, 0.25) is 16.6 Å². The highest BCUT2D eigenvalue weighted by Crippen LogP contribution is 2.57. The third-order valence-electron chi connectivity index (χ3n) is 14.6. The van der Waals surface area contributed by atoms with Gasteiger partial charge in [-0.05, 0) is 22.2 Å². The molecule has 6 aliphatic rings. The van der Waals surface area contributed by atoms with Gasteiger partial charge in [0.1, 0.15) is 48.3 Å². The first-order valence-electron chi connectivity index (χ1n) is 21.2. The number of aliphatic hydroxyl groups is 6. The molecule has 4 saturated carbocycles. The van der Waals surface area contributed by atoms with Gasteiger partial charge in [0, 0.05) is 22.8 Å². The molecule has 10 N–H and O–H groups in total. The maximum Gasteiger partial charge on any atom is 0.351 e. The lowest BCUT2D eigenvalue weighted by Gasteiger charge is -2.53. The number of nitrogens with two attached hydrogens (primary N) is 2. The Morgan fingerprint density at radius 2 is 0.877 bits per heavy atom. The van der Waals surface area contributed by atoms with E-state index in [1.165, 1.54) is 9.13 Å². The fraction of sp³-hybridized carbons (Fsp3) is 0.789. The van der Waals surface area contributed by atoms with Crippen molar-refractivity contribution < 1.29 is 44.2 Å². The molecule has 0 bridgehead atoms. The number of nitrogen functional groups attached to an aromatic ring is 2. The Bertz CT molecular complexity index is 1700. The Kier molecular flexibility index (Phi) is 11.9. The van der Waals surface area contributed by atoms with Crippen molar-refractivity contribution in [3.05, 3.63) is 33.4 Å². The van der Waals surface area contributed by atoms with E-state index in [9.17, 15) is 40.2 Å². The van der Waals surface area contributed by atoms with E-state index < -0.39 is 90.3 Å². The van der Waals surface area contributed by atoms with Crippen LogP contribution in [0.3, 0.4) is 0 Å². The second-order valence-electron chi connectivity index (χ2n) is 17.5. The molecule has 2 saturated heterocycles. The number of nitrogens with zero attached hydrogens (tertiary/aromatic N) is 4. The zero-order chi connectivity index (χ0) is 40.2. The smallest absolute Gasteiger partial charge is 0.351 e. The van der Waals surface area contributed by atoms with Crippen LogP contribution in [0.15, 0.2) is 22.0 Å². The Morgan fingerprint density at radius 3 is 1.14 bits per heavy atom. The second-order valence-corrected chi connectivity index (χ2v) is 25.9. The molecule has 57 heavy (non-hydrogen) atoms. The molecule has 316 valence electrons. The largest absolute Gasteiger partial charge is 0.447 e. The summed E-state index contributed by atoms with van der Waals surface area (Å²) in [6, 6.07) is 0. The first kappa shape index (κ1) is 41.2. The summed E-state index contributed by atoms with van der Waals surface area (Å²) in [4.78, 5) is 36.3. The van der Waals surface area contributed by atoms with Gasteiger partial charge in [-0.1, -0.05) is 103 Å². The Morgan fingerprint density at radius 1 is 0.579 bits per heavy atom. The van der Waals surface area contributed by atoms with Gasteiger partial charge in [-0.2, -0.15) is 9.97 Å². The molecule has 2 aromatic rings. The topological polar surface area (TPSA) is 271 Å². The van der Waals surface area contributed by atoms with E-state index in [1.807, 2.05) is 0 Å². The zero-order valence-corrected chi connectivity index (χ0v) is 34.5. The molecule has 2 aromatic heterocycles. The Balaban J connectivity index is 1.38. The predicted molar refractivity (Wildman–Crippen MR) is 213 cm³/mol. The molecule has 8 atom stereocenters. The first-order chi connectivity index (χ1) is 27.5. The van der Waals surface area contributed by atoms with Crippen LogP contribution >= 0.6 is 0 Å². The van der Waals surface area contributed by atoms with Gasteiger partial charge in [-0.3, -0.25) is 9.13 Å². The highest BCUT2D eigenvalue weighted by Gasteiger charge is 2.64. The van der Waals surface area contributed by atoms with Crippen LogP contribution in [0.4, 0.5) is 11.6 Å². The molecule has 4 heterocycles. The van der Waals surface area contributed by atoms with Gasteiger partial charge in [0.15, 0.2) is 12.5 Å². The Hall–Kier alpha value is -2.57. The fourth-order valence-corrected chi connectivity index (χ4v) is 27.4. The van der Waals surface area contributed by atoms with Crippen LogP contribution < -0.4 is 33.2 Å².